The van der Waals surface area contributed by atoms with Crippen LogP contribution in [0.4, 0.5) is 5.69 Å². The van der Waals surface area contributed by atoms with Crippen molar-refractivity contribution >= 4 is 17.5 Å². The standard InChI is InChI=1S/C23H23N3O3/c1-3-29-21-14-7-6-11-18(21)26-23(28)20-13-8-12-19(25-20)22(27)24-15-17-10-5-4-9-16(17)2/h4-14H,3,15H2,1-2H3,(H,24,27)(H,26,28). The summed E-state index contributed by atoms with van der Waals surface area (Å²) < 4.78 is 5.52. The summed E-state index contributed by atoms with van der Waals surface area (Å²) in [6.45, 7) is 4.75. The van der Waals surface area contributed by atoms with Gasteiger partial charge in [0, 0.05) is 6.54 Å². The van der Waals surface area contributed by atoms with Crippen LogP contribution < -0.4 is 15.4 Å². The molecule has 3 aromatic rings. The highest BCUT2D eigenvalue weighted by Gasteiger charge is 2.14. The molecule has 148 valence electrons. The van der Waals surface area contributed by atoms with Gasteiger partial charge in [0.2, 0.25) is 0 Å². The predicted octanol–water partition coefficient (Wildman–Crippen LogP) is 3.97. The first kappa shape index (κ1) is 20.1. The molecule has 0 saturated heterocycles. The molecule has 0 saturated carbocycles. The molecule has 1 heterocycles. The molecule has 2 N–H and O–H groups in total. The number of pyridine rings is 1. The van der Waals surface area contributed by atoms with Gasteiger partial charge in [-0.05, 0) is 49.2 Å². The second kappa shape index (κ2) is 9.50. The molecule has 0 bridgehead atoms. The average Bonchev–Trinajstić information content (AvgIpc) is 2.74. The van der Waals surface area contributed by atoms with Gasteiger partial charge in [-0.25, -0.2) is 4.98 Å². The third kappa shape index (κ3) is 5.19. The number of nitrogens with one attached hydrogen (secondary N) is 2. The Morgan fingerprint density at radius 1 is 0.897 bits per heavy atom. The summed E-state index contributed by atoms with van der Waals surface area (Å²) in [6.07, 6.45) is 0. The molecule has 2 amide bonds. The maximum Gasteiger partial charge on any atom is 0.274 e. The van der Waals surface area contributed by atoms with Gasteiger partial charge >= 0.3 is 0 Å². The third-order valence-electron chi connectivity index (χ3n) is 4.35. The predicted molar refractivity (Wildman–Crippen MR) is 112 cm³/mol. The van der Waals surface area contributed by atoms with Crippen LogP contribution in [-0.4, -0.2) is 23.4 Å². The van der Waals surface area contributed by atoms with E-state index in [1.54, 1.807) is 36.4 Å². The Hall–Kier alpha value is -3.67. The largest absolute Gasteiger partial charge is 0.492 e. The Bertz CT molecular complexity index is 1020. The normalized spacial score (nSPS) is 10.3. The van der Waals surface area contributed by atoms with E-state index in [1.165, 1.54) is 0 Å². The lowest BCUT2D eigenvalue weighted by atomic mass is 10.1. The zero-order valence-corrected chi connectivity index (χ0v) is 16.4. The summed E-state index contributed by atoms with van der Waals surface area (Å²) in [5.41, 5.74) is 3.02. The van der Waals surface area contributed by atoms with E-state index < -0.39 is 5.91 Å². The van der Waals surface area contributed by atoms with Crippen molar-refractivity contribution in [3.05, 3.63) is 89.2 Å². The van der Waals surface area contributed by atoms with E-state index in [9.17, 15) is 9.59 Å². The smallest absolute Gasteiger partial charge is 0.274 e. The number of hydrogen-bond acceptors (Lipinski definition) is 4. The van der Waals surface area contributed by atoms with Gasteiger partial charge in [0.25, 0.3) is 11.8 Å². The van der Waals surface area contributed by atoms with E-state index in [0.29, 0.717) is 24.6 Å². The van der Waals surface area contributed by atoms with Crippen LogP contribution in [0.2, 0.25) is 0 Å². The molecule has 29 heavy (non-hydrogen) atoms. The molecule has 0 unspecified atom stereocenters. The lowest BCUT2D eigenvalue weighted by molar-refractivity contribution is 0.0945. The van der Waals surface area contributed by atoms with Gasteiger partial charge in [-0.3, -0.25) is 9.59 Å². The van der Waals surface area contributed by atoms with Crippen LogP contribution in [0.1, 0.15) is 39.0 Å². The van der Waals surface area contributed by atoms with Gasteiger partial charge in [0.1, 0.15) is 17.1 Å². The monoisotopic (exact) mass is 389 g/mol. The molecule has 0 aliphatic heterocycles. The van der Waals surface area contributed by atoms with Crippen molar-refractivity contribution < 1.29 is 14.3 Å². The van der Waals surface area contributed by atoms with Crippen molar-refractivity contribution in [2.45, 2.75) is 20.4 Å². The molecule has 6 nitrogen and oxygen atoms in total. The van der Waals surface area contributed by atoms with Gasteiger partial charge in [0.15, 0.2) is 0 Å². The number of carbonyl (C=O) groups excluding carboxylic acids is 2. The number of nitrogens with zero attached hydrogens (tertiary/aromatic N) is 1. The Kier molecular flexibility index (Phi) is 6.58. The number of aryl methyl sites for hydroxylation is 1. The fourth-order valence-corrected chi connectivity index (χ4v) is 2.80. The van der Waals surface area contributed by atoms with Crippen molar-refractivity contribution in [1.29, 1.82) is 0 Å². The van der Waals surface area contributed by atoms with Gasteiger partial charge in [0.05, 0.1) is 12.3 Å². The van der Waals surface area contributed by atoms with E-state index in [4.69, 9.17) is 4.74 Å². The zero-order chi connectivity index (χ0) is 20.6. The lowest BCUT2D eigenvalue weighted by Crippen LogP contribution is -2.25. The highest BCUT2D eigenvalue weighted by Crippen LogP contribution is 2.24. The van der Waals surface area contributed by atoms with Crippen LogP contribution in [0.3, 0.4) is 0 Å². The van der Waals surface area contributed by atoms with E-state index >= 15 is 0 Å². The van der Waals surface area contributed by atoms with Crippen molar-refractivity contribution in [2.24, 2.45) is 0 Å². The number of ether oxygens (including phenoxy) is 1. The third-order valence-corrected chi connectivity index (χ3v) is 4.35. The molecule has 0 fully saturated rings. The minimum absolute atomic E-state index is 0.153. The molecule has 0 spiro atoms. The quantitative estimate of drug-likeness (QED) is 0.641. The summed E-state index contributed by atoms with van der Waals surface area (Å²) in [4.78, 5) is 29.3. The van der Waals surface area contributed by atoms with Crippen LogP contribution in [0, 0.1) is 6.92 Å². The van der Waals surface area contributed by atoms with Crippen molar-refractivity contribution in [3.8, 4) is 5.75 Å². The molecule has 3 rings (SSSR count). The average molecular weight is 389 g/mol. The number of hydrogen-bond donors (Lipinski definition) is 2. The fraction of sp³-hybridized carbons (Fsp3) is 0.174. The summed E-state index contributed by atoms with van der Waals surface area (Å²) in [5, 5.41) is 5.63. The Balaban J connectivity index is 1.69. The summed E-state index contributed by atoms with van der Waals surface area (Å²) >= 11 is 0. The number of aromatic nitrogens is 1. The van der Waals surface area contributed by atoms with Crippen LogP contribution in [0.25, 0.3) is 0 Å². The van der Waals surface area contributed by atoms with E-state index in [1.807, 2.05) is 44.2 Å². The highest BCUT2D eigenvalue weighted by molar-refractivity contribution is 6.04. The molecule has 0 aliphatic carbocycles. The molecular formula is C23H23N3O3. The van der Waals surface area contributed by atoms with Crippen molar-refractivity contribution in [3.63, 3.8) is 0 Å². The highest BCUT2D eigenvalue weighted by atomic mass is 16.5. The number of carbonyl (C=O) groups is 2. The van der Waals surface area contributed by atoms with Crippen molar-refractivity contribution in [1.82, 2.24) is 10.3 Å². The van der Waals surface area contributed by atoms with E-state index in [2.05, 4.69) is 15.6 Å². The number of amides is 2. The van der Waals surface area contributed by atoms with Crippen molar-refractivity contribution in [2.75, 3.05) is 11.9 Å². The molecule has 0 aliphatic rings. The molecular weight excluding hydrogens is 366 g/mol. The van der Waals surface area contributed by atoms with Gasteiger partial charge in [-0.15, -0.1) is 0 Å². The number of anilines is 1. The van der Waals surface area contributed by atoms with Gasteiger partial charge in [-0.2, -0.15) is 0 Å². The number of rotatable bonds is 7. The van der Waals surface area contributed by atoms with E-state index in [0.717, 1.165) is 11.1 Å². The van der Waals surface area contributed by atoms with Crippen LogP contribution >= 0.6 is 0 Å². The Labute approximate surface area is 169 Å². The summed E-state index contributed by atoms with van der Waals surface area (Å²) in [6, 6.07) is 19.8. The van der Waals surface area contributed by atoms with E-state index in [-0.39, 0.29) is 17.3 Å². The van der Waals surface area contributed by atoms with Gasteiger partial charge in [-0.1, -0.05) is 42.5 Å². The maximum absolute atomic E-state index is 12.6. The molecule has 2 aromatic carbocycles. The molecule has 1 aromatic heterocycles. The first-order valence-electron chi connectivity index (χ1n) is 9.41. The SMILES string of the molecule is CCOc1ccccc1NC(=O)c1cccc(C(=O)NCc2ccccc2C)n1. The summed E-state index contributed by atoms with van der Waals surface area (Å²) in [5.74, 6) is -0.168. The first-order chi connectivity index (χ1) is 14.1. The maximum atomic E-state index is 12.6. The summed E-state index contributed by atoms with van der Waals surface area (Å²) in [7, 11) is 0. The van der Waals surface area contributed by atoms with Gasteiger partial charge < -0.3 is 15.4 Å². The van der Waals surface area contributed by atoms with Crippen LogP contribution in [-0.2, 0) is 6.54 Å². The minimum Gasteiger partial charge on any atom is -0.492 e. The van der Waals surface area contributed by atoms with Crippen LogP contribution in [0.15, 0.2) is 66.7 Å². The molecule has 0 radical (unpaired) electrons. The second-order valence-corrected chi connectivity index (χ2v) is 6.40. The molecule has 6 heteroatoms. The minimum atomic E-state index is -0.411. The fourth-order valence-electron chi connectivity index (χ4n) is 2.80. The molecule has 0 atom stereocenters. The Morgan fingerprint density at radius 2 is 1.59 bits per heavy atom. The van der Waals surface area contributed by atoms with Crippen LogP contribution in [0.5, 0.6) is 5.75 Å². The second-order valence-electron chi connectivity index (χ2n) is 6.40. The zero-order valence-electron chi connectivity index (χ0n) is 16.4. The topological polar surface area (TPSA) is 80.3 Å². The lowest BCUT2D eigenvalue weighted by Gasteiger charge is -2.11. The number of para-hydroxylation sites is 2. The number of benzene rings is 2. The Morgan fingerprint density at radius 3 is 2.34 bits per heavy atom. The first-order valence-corrected chi connectivity index (χ1v) is 9.41.